The number of rotatable bonds is 5. The molecule has 2 heterocycles. The Morgan fingerprint density at radius 3 is 2.83 bits per heavy atom. The van der Waals surface area contributed by atoms with Crippen LogP contribution in [0.25, 0.3) is 10.7 Å². The van der Waals surface area contributed by atoms with E-state index < -0.39 is 0 Å². The van der Waals surface area contributed by atoms with Gasteiger partial charge in [-0.15, -0.1) is 11.3 Å². The monoisotopic (exact) mass is 328 g/mol. The molecule has 0 amide bonds. The molecule has 0 spiro atoms. The van der Waals surface area contributed by atoms with Crippen molar-refractivity contribution in [1.82, 2.24) is 15.0 Å². The molecule has 18 heavy (non-hydrogen) atoms. The molecule has 2 aromatic heterocycles. The smallest absolute Gasteiger partial charge is 0.321 e. The standard InChI is InChI=1S/C11H13BrN4OS/c1-3-5-17-11-15-9(14-10(13-2)16-11)8-7(12)4-6-18-8/h4,6H,3,5H2,1-2H3,(H,13,14,15,16). The fourth-order valence-electron chi connectivity index (χ4n) is 1.28. The Kier molecular flexibility index (Phi) is 4.48. The number of ether oxygens (including phenoxy) is 1. The average Bonchev–Trinajstić information content (AvgIpc) is 2.82. The minimum atomic E-state index is 0.353. The maximum absolute atomic E-state index is 5.46. The van der Waals surface area contributed by atoms with Crippen molar-refractivity contribution in [3.05, 3.63) is 15.9 Å². The maximum atomic E-state index is 5.46. The second-order valence-corrected chi connectivity index (χ2v) is 5.23. The number of nitrogens with zero attached hydrogens (tertiary/aromatic N) is 3. The van der Waals surface area contributed by atoms with Crippen molar-refractivity contribution in [1.29, 1.82) is 0 Å². The van der Waals surface area contributed by atoms with Gasteiger partial charge in [0, 0.05) is 11.5 Å². The van der Waals surface area contributed by atoms with Gasteiger partial charge in [-0.3, -0.25) is 0 Å². The summed E-state index contributed by atoms with van der Waals surface area (Å²) >= 11 is 5.05. The van der Waals surface area contributed by atoms with E-state index in [1.165, 1.54) is 0 Å². The summed E-state index contributed by atoms with van der Waals surface area (Å²) in [4.78, 5) is 13.8. The fraction of sp³-hybridized carbons (Fsp3) is 0.364. The van der Waals surface area contributed by atoms with E-state index in [9.17, 15) is 0 Å². The van der Waals surface area contributed by atoms with E-state index in [-0.39, 0.29) is 0 Å². The van der Waals surface area contributed by atoms with Crippen LogP contribution in [0.5, 0.6) is 6.01 Å². The average molecular weight is 329 g/mol. The summed E-state index contributed by atoms with van der Waals surface area (Å²) in [7, 11) is 1.77. The Morgan fingerprint density at radius 2 is 2.22 bits per heavy atom. The molecule has 0 atom stereocenters. The van der Waals surface area contributed by atoms with E-state index in [1.54, 1.807) is 18.4 Å². The van der Waals surface area contributed by atoms with Gasteiger partial charge in [-0.05, 0) is 33.8 Å². The summed E-state index contributed by atoms with van der Waals surface area (Å²) in [6.07, 6.45) is 0.915. The van der Waals surface area contributed by atoms with E-state index in [0.29, 0.717) is 24.4 Å². The molecule has 2 aromatic rings. The lowest BCUT2D eigenvalue weighted by Crippen LogP contribution is -2.05. The Morgan fingerprint density at radius 1 is 1.39 bits per heavy atom. The van der Waals surface area contributed by atoms with Crippen LogP contribution in [-0.2, 0) is 0 Å². The van der Waals surface area contributed by atoms with Crippen LogP contribution in [0.15, 0.2) is 15.9 Å². The van der Waals surface area contributed by atoms with E-state index in [2.05, 4.69) is 36.2 Å². The number of thiophene rings is 1. The third kappa shape index (κ3) is 2.97. The molecule has 0 saturated carbocycles. The molecule has 0 unspecified atom stereocenters. The number of halogens is 1. The highest BCUT2D eigenvalue weighted by Gasteiger charge is 2.12. The fourth-order valence-corrected chi connectivity index (χ4v) is 2.76. The van der Waals surface area contributed by atoms with Crippen molar-refractivity contribution < 1.29 is 4.74 Å². The van der Waals surface area contributed by atoms with Crippen LogP contribution in [-0.4, -0.2) is 28.6 Å². The first-order valence-electron chi connectivity index (χ1n) is 5.54. The Hall–Kier alpha value is -1.21. The van der Waals surface area contributed by atoms with Crippen molar-refractivity contribution in [2.45, 2.75) is 13.3 Å². The lowest BCUT2D eigenvalue weighted by molar-refractivity contribution is 0.292. The van der Waals surface area contributed by atoms with Crippen LogP contribution in [0.1, 0.15) is 13.3 Å². The summed E-state index contributed by atoms with van der Waals surface area (Å²) in [6, 6.07) is 2.32. The van der Waals surface area contributed by atoms with Crippen LogP contribution in [0.4, 0.5) is 5.95 Å². The van der Waals surface area contributed by atoms with Gasteiger partial charge in [-0.25, -0.2) is 0 Å². The minimum Gasteiger partial charge on any atom is -0.463 e. The van der Waals surface area contributed by atoms with Gasteiger partial charge in [-0.1, -0.05) is 6.92 Å². The first-order chi connectivity index (χ1) is 8.74. The van der Waals surface area contributed by atoms with E-state index in [4.69, 9.17) is 4.74 Å². The summed E-state index contributed by atoms with van der Waals surface area (Å²) in [5.41, 5.74) is 0. The molecule has 1 N–H and O–H groups in total. The number of nitrogens with one attached hydrogen (secondary N) is 1. The SMILES string of the molecule is CCCOc1nc(NC)nc(-c2sccc2Br)n1. The molecule has 2 rings (SSSR count). The Labute approximate surface area is 118 Å². The third-order valence-corrected chi connectivity index (χ3v) is 3.93. The molecule has 5 nitrogen and oxygen atoms in total. The summed E-state index contributed by atoms with van der Waals surface area (Å²) < 4.78 is 6.44. The molecule has 0 saturated heterocycles. The lowest BCUT2D eigenvalue weighted by Gasteiger charge is -2.06. The second-order valence-electron chi connectivity index (χ2n) is 3.46. The number of anilines is 1. The van der Waals surface area contributed by atoms with E-state index in [0.717, 1.165) is 15.8 Å². The predicted octanol–water partition coefficient (Wildman–Crippen LogP) is 3.19. The lowest BCUT2D eigenvalue weighted by atomic mass is 10.4. The molecule has 7 heteroatoms. The summed E-state index contributed by atoms with van der Waals surface area (Å²) in [5, 5.41) is 4.89. The zero-order valence-electron chi connectivity index (χ0n) is 10.1. The zero-order valence-corrected chi connectivity index (χ0v) is 12.5. The van der Waals surface area contributed by atoms with Crippen molar-refractivity contribution in [3.8, 4) is 16.7 Å². The van der Waals surface area contributed by atoms with Crippen molar-refractivity contribution in [2.24, 2.45) is 0 Å². The topological polar surface area (TPSA) is 59.9 Å². The van der Waals surface area contributed by atoms with Crippen molar-refractivity contribution in [3.63, 3.8) is 0 Å². The van der Waals surface area contributed by atoms with Crippen molar-refractivity contribution in [2.75, 3.05) is 19.0 Å². The molecule has 0 aliphatic carbocycles. The van der Waals surface area contributed by atoms with E-state index >= 15 is 0 Å². The molecule has 0 bridgehead atoms. The van der Waals surface area contributed by atoms with E-state index in [1.807, 2.05) is 18.4 Å². The molecular weight excluding hydrogens is 316 g/mol. The number of aromatic nitrogens is 3. The maximum Gasteiger partial charge on any atom is 0.321 e. The Balaban J connectivity index is 2.38. The first-order valence-corrected chi connectivity index (χ1v) is 7.22. The highest BCUT2D eigenvalue weighted by atomic mass is 79.9. The molecule has 0 radical (unpaired) electrons. The Bertz CT molecular complexity index is 532. The normalized spacial score (nSPS) is 10.4. The molecule has 0 fully saturated rings. The first kappa shape index (κ1) is 13.2. The van der Waals surface area contributed by atoms with Gasteiger partial charge in [0.2, 0.25) is 5.95 Å². The van der Waals surface area contributed by atoms with Gasteiger partial charge in [0.15, 0.2) is 5.82 Å². The molecular formula is C11H13BrN4OS. The highest BCUT2D eigenvalue weighted by Crippen LogP contribution is 2.32. The van der Waals surface area contributed by atoms with Gasteiger partial charge in [0.05, 0.1) is 11.5 Å². The van der Waals surface area contributed by atoms with Crippen LogP contribution in [0, 0.1) is 0 Å². The molecule has 0 aliphatic rings. The van der Waals surface area contributed by atoms with Crippen molar-refractivity contribution >= 4 is 33.2 Å². The summed E-state index contributed by atoms with van der Waals surface area (Å²) in [6.45, 7) is 2.63. The third-order valence-electron chi connectivity index (χ3n) is 2.09. The van der Waals surface area contributed by atoms with Crippen LogP contribution in [0.2, 0.25) is 0 Å². The number of hydrogen-bond acceptors (Lipinski definition) is 6. The quantitative estimate of drug-likeness (QED) is 0.913. The van der Waals surface area contributed by atoms with Crippen LogP contribution in [0.3, 0.4) is 0 Å². The van der Waals surface area contributed by atoms with Gasteiger partial charge in [0.25, 0.3) is 0 Å². The van der Waals surface area contributed by atoms with Crippen LogP contribution < -0.4 is 10.1 Å². The van der Waals surface area contributed by atoms with Gasteiger partial charge >= 0.3 is 6.01 Å². The van der Waals surface area contributed by atoms with Gasteiger partial charge < -0.3 is 10.1 Å². The molecule has 96 valence electrons. The minimum absolute atomic E-state index is 0.353. The predicted molar refractivity (Wildman–Crippen MR) is 76.2 cm³/mol. The summed E-state index contributed by atoms with van der Waals surface area (Å²) in [5.74, 6) is 1.12. The molecule has 0 aliphatic heterocycles. The highest BCUT2D eigenvalue weighted by molar-refractivity contribution is 9.10. The van der Waals surface area contributed by atoms with Gasteiger partial charge in [0.1, 0.15) is 0 Å². The zero-order chi connectivity index (χ0) is 13.0. The largest absolute Gasteiger partial charge is 0.463 e. The number of hydrogen-bond donors (Lipinski definition) is 1. The second kappa shape index (κ2) is 6.10. The van der Waals surface area contributed by atoms with Crippen LogP contribution >= 0.6 is 27.3 Å². The van der Waals surface area contributed by atoms with Gasteiger partial charge in [-0.2, -0.15) is 15.0 Å². The molecule has 0 aromatic carbocycles.